The molecular weight excluding hydrogens is 230 g/mol. The minimum Gasteiger partial charge on any atom is -0.383 e. The minimum absolute atomic E-state index is 0.665. The predicted octanol–water partition coefficient (Wildman–Crippen LogP) is 0.686. The number of rotatable bonds is 7. The quantitative estimate of drug-likeness (QED) is 0.707. The standard InChI is InChI=1S/C12H19N5O/c1-10-4-3-8-17-11(10)15-12(16-17)14-6-5-13-7-9-18-2/h3-4,8,13H,5-7,9H2,1-2H3,(H,14,16). The van der Waals surface area contributed by atoms with Crippen LogP contribution in [-0.2, 0) is 4.74 Å². The molecule has 0 bridgehead atoms. The molecule has 18 heavy (non-hydrogen) atoms. The highest BCUT2D eigenvalue weighted by molar-refractivity contribution is 5.49. The van der Waals surface area contributed by atoms with Crippen molar-refractivity contribution in [1.29, 1.82) is 0 Å². The van der Waals surface area contributed by atoms with Gasteiger partial charge in [0.25, 0.3) is 0 Å². The highest BCUT2D eigenvalue weighted by atomic mass is 16.5. The topological polar surface area (TPSA) is 63.5 Å². The number of hydrogen-bond donors (Lipinski definition) is 2. The Morgan fingerprint density at radius 1 is 1.33 bits per heavy atom. The van der Waals surface area contributed by atoms with Crippen LogP contribution in [0.2, 0.25) is 0 Å². The summed E-state index contributed by atoms with van der Waals surface area (Å²) in [5, 5.41) is 10.8. The molecule has 0 aliphatic carbocycles. The van der Waals surface area contributed by atoms with Gasteiger partial charge < -0.3 is 15.4 Å². The zero-order chi connectivity index (χ0) is 12.8. The van der Waals surface area contributed by atoms with Crippen LogP contribution in [0.15, 0.2) is 18.3 Å². The van der Waals surface area contributed by atoms with Crippen LogP contribution in [0.1, 0.15) is 5.56 Å². The molecule has 2 heterocycles. The van der Waals surface area contributed by atoms with Crippen LogP contribution in [-0.4, -0.2) is 47.9 Å². The molecular formula is C12H19N5O. The van der Waals surface area contributed by atoms with Crippen molar-refractivity contribution in [2.75, 3.05) is 38.7 Å². The van der Waals surface area contributed by atoms with Crippen LogP contribution in [0, 0.1) is 6.92 Å². The number of nitrogens with zero attached hydrogens (tertiary/aromatic N) is 3. The van der Waals surface area contributed by atoms with Gasteiger partial charge in [-0.2, -0.15) is 4.98 Å². The van der Waals surface area contributed by atoms with Crippen LogP contribution in [0.3, 0.4) is 0 Å². The smallest absolute Gasteiger partial charge is 0.243 e. The molecule has 2 rings (SSSR count). The van der Waals surface area contributed by atoms with Gasteiger partial charge in [-0.1, -0.05) is 6.07 Å². The average Bonchev–Trinajstić information content (AvgIpc) is 2.78. The van der Waals surface area contributed by atoms with Crippen molar-refractivity contribution in [3.63, 3.8) is 0 Å². The number of hydrogen-bond acceptors (Lipinski definition) is 5. The largest absolute Gasteiger partial charge is 0.383 e. The molecule has 0 aliphatic heterocycles. The third-order valence-corrected chi connectivity index (χ3v) is 2.63. The lowest BCUT2D eigenvalue weighted by molar-refractivity contribution is 0.200. The van der Waals surface area contributed by atoms with E-state index in [0.29, 0.717) is 5.95 Å². The monoisotopic (exact) mass is 249 g/mol. The van der Waals surface area contributed by atoms with Gasteiger partial charge in [-0.05, 0) is 18.6 Å². The molecule has 6 heteroatoms. The Labute approximate surface area is 106 Å². The third-order valence-electron chi connectivity index (χ3n) is 2.63. The summed E-state index contributed by atoms with van der Waals surface area (Å²) in [5.41, 5.74) is 2.02. The van der Waals surface area contributed by atoms with Crippen LogP contribution in [0.25, 0.3) is 5.65 Å². The van der Waals surface area contributed by atoms with E-state index in [2.05, 4.69) is 20.7 Å². The number of anilines is 1. The first kappa shape index (κ1) is 12.8. The fourth-order valence-corrected chi connectivity index (χ4v) is 1.68. The highest BCUT2D eigenvalue weighted by Gasteiger charge is 2.03. The summed E-state index contributed by atoms with van der Waals surface area (Å²) in [6.07, 6.45) is 1.90. The number of ether oxygens (including phenoxy) is 1. The first-order valence-corrected chi connectivity index (χ1v) is 6.07. The Balaban J connectivity index is 1.83. The maximum absolute atomic E-state index is 4.95. The number of methoxy groups -OCH3 is 1. The maximum Gasteiger partial charge on any atom is 0.243 e. The lowest BCUT2D eigenvalue weighted by atomic mass is 10.3. The summed E-state index contributed by atoms with van der Waals surface area (Å²) >= 11 is 0. The lowest BCUT2D eigenvalue weighted by Gasteiger charge is -2.03. The molecule has 0 fully saturated rings. The van der Waals surface area contributed by atoms with E-state index in [4.69, 9.17) is 4.74 Å². The van der Waals surface area contributed by atoms with Gasteiger partial charge in [0.2, 0.25) is 5.95 Å². The molecule has 0 atom stereocenters. The van der Waals surface area contributed by atoms with Crippen LogP contribution >= 0.6 is 0 Å². The highest BCUT2D eigenvalue weighted by Crippen LogP contribution is 2.09. The van der Waals surface area contributed by atoms with E-state index in [1.54, 1.807) is 11.6 Å². The van der Waals surface area contributed by atoms with Gasteiger partial charge in [-0.3, -0.25) is 0 Å². The summed E-state index contributed by atoms with van der Waals surface area (Å²) in [6.45, 7) is 5.26. The van der Waals surface area contributed by atoms with E-state index in [0.717, 1.165) is 37.5 Å². The Morgan fingerprint density at radius 3 is 3.00 bits per heavy atom. The molecule has 0 aromatic carbocycles. The fraction of sp³-hybridized carbons (Fsp3) is 0.500. The van der Waals surface area contributed by atoms with E-state index < -0.39 is 0 Å². The van der Waals surface area contributed by atoms with Crippen molar-refractivity contribution >= 4 is 11.6 Å². The second-order valence-electron chi connectivity index (χ2n) is 4.06. The van der Waals surface area contributed by atoms with Gasteiger partial charge in [0.1, 0.15) is 0 Å². The van der Waals surface area contributed by atoms with Crippen LogP contribution in [0.5, 0.6) is 0 Å². The van der Waals surface area contributed by atoms with E-state index in [9.17, 15) is 0 Å². The van der Waals surface area contributed by atoms with Crippen molar-refractivity contribution in [3.05, 3.63) is 23.9 Å². The van der Waals surface area contributed by atoms with Crippen molar-refractivity contribution in [2.24, 2.45) is 0 Å². The summed E-state index contributed by atoms with van der Waals surface area (Å²) < 4.78 is 6.74. The van der Waals surface area contributed by atoms with Crippen molar-refractivity contribution in [2.45, 2.75) is 6.92 Å². The second-order valence-corrected chi connectivity index (χ2v) is 4.06. The normalized spacial score (nSPS) is 11.0. The number of nitrogens with one attached hydrogen (secondary N) is 2. The SMILES string of the molecule is COCCNCCNc1nc2c(C)cccn2n1. The number of aryl methyl sites for hydroxylation is 1. The Morgan fingerprint density at radius 2 is 2.22 bits per heavy atom. The van der Waals surface area contributed by atoms with Crippen LogP contribution < -0.4 is 10.6 Å². The Kier molecular flexibility index (Phi) is 4.49. The van der Waals surface area contributed by atoms with Gasteiger partial charge in [-0.25, -0.2) is 4.52 Å². The molecule has 0 aliphatic rings. The first-order valence-electron chi connectivity index (χ1n) is 6.07. The summed E-state index contributed by atoms with van der Waals surface area (Å²) in [5.74, 6) is 0.665. The van der Waals surface area contributed by atoms with Gasteiger partial charge in [0.05, 0.1) is 6.61 Å². The molecule has 6 nitrogen and oxygen atoms in total. The molecule has 0 unspecified atom stereocenters. The molecule has 0 saturated carbocycles. The zero-order valence-corrected chi connectivity index (χ0v) is 10.8. The fourth-order valence-electron chi connectivity index (χ4n) is 1.68. The molecule has 0 saturated heterocycles. The first-order chi connectivity index (χ1) is 8.81. The molecule has 2 N–H and O–H groups in total. The second kappa shape index (κ2) is 6.32. The summed E-state index contributed by atoms with van der Waals surface area (Å²) in [7, 11) is 1.70. The summed E-state index contributed by atoms with van der Waals surface area (Å²) in [6, 6.07) is 3.99. The molecule has 0 amide bonds. The molecule has 0 radical (unpaired) electrons. The predicted molar refractivity (Wildman–Crippen MR) is 71.0 cm³/mol. The number of aromatic nitrogens is 3. The van der Waals surface area contributed by atoms with Gasteiger partial charge in [0, 0.05) is 32.9 Å². The number of fused-ring (bicyclic) bond motifs is 1. The minimum atomic E-state index is 0.665. The number of pyridine rings is 1. The Hall–Kier alpha value is -1.66. The van der Waals surface area contributed by atoms with Gasteiger partial charge in [-0.15, -0.1) is 5.10 Å². The summed E-state index contributed by atoms with van der Waals surface area (Å²) in [4.78, 5) is 4.43. The van der Waals surface area contributed by atoms with Gasteiger partial charge >= 0.3 is 0 Å². The zero-order valence-electron chi connectivity index (χ0n) is 10.8. The van der Waals surface area contributed by atoms with E-state index in [1.165, 1.54) is 0 Å². The average molecular weight is 249 g/mol. The third kappa shape index (κ3) is 3.18. The Bertz CT molecular complexity index is 496. The van der Waals surface area contributed by atoms with E-state index >= 15 is 0 Å². The maximum atomic E-state index is 4.95. The lowest BCUT2D eigenvalue weighted by Crippen LogP contribution is -2.25. The molecule has 98 valence electrons. The van der Waals surface area contributed by atoms with Crippen molar-refractivity contribution in [3.8, 4) is 0 Å². The van der Waals surface area contributed by atoms with E-state index in [-0.39, 0.29) is 0 Å². The molecule has 0 spiro atoms. The van der Waals surface area contributed by atoms with Crippen molar-refractivity contribution < 1.29 is 4.74 Å². The van der Waals surface area contributed by atoms with Crippen LogP contribution in [0.4, 0.5) is 5.95 Å². The van der Waals surface area contributed by atoms with Crippen molar-refractivity contribution in [1.82, 2.24) is 19.9 Å². The van der Waals surface area contributed by atoms with Gasteiger partial charge in [0.15, 0.2) is 5.65 Å². The van der Waals surface area contributed by atoms with E-state index in [1.807, 2.05) is 25.3 Å². The molecule has 2 aromatic heterocycles. The molecule has 2 aromatic rings.